The maximum Gasteiger partial charge on any atom is 0.306 e. The van der Waals surface area contributed by atoms with Gasteiger partial charge in [0.25, 0.3) is 0 Å². The van der Waals surface area contributed by atoms with E-state index in [9.17, 15) is 4.79 Å². The third kappa shape index (κ3) is 3.62. The molecule has 0 amide bonds. The number of hydrogen-bond donors (Lipinski definition) is 0. The quantitative estimate of drug-likeness (QED) is 0.752. The molecule has 1 saturated carbocycles. The molecule has 0 aromatic carbocycles. The predicted octanol–water partition coefficient (Wildman–Crippen LogP) is 3.31. The number of rotatable bonds is 6. The summed E-state index contributed by atoms with van der Waals surface area (Å²) in [4.78, 5) is 15.3. The summed E-state index contributed by atoms with van der Waals surface area (Å²) >= 11 is 7.87. The van der Waals surface area contributed by atoms with E-state index in [0.29, 0.717) is 11.4 Å². The standard InChI is InChI=1S/C13H16ClNO2S/c1-17-12(16)6-13(3-4-13)9-18-8-10-2-5-15-7-11(10)14/h2,5,7H,3-4,6,8-9H2,1H3. The van der Waals surface area contributed by atoms with Gasteiger partial charge >= 0.3 is 5.97 Å². The first-order valence-electron chi connectivity index (χ1n) is 5.88. The van der Waals surface area contributed by atoms with Gasteiger partial charge in [-0.3, -0.25) is 9.78 Å². The van der Waals surface area contributed by atoms with Crippen LogP contribution >= 0.6 is 23.4 Å². The van der Waals surface area contributed by atoms with Gasteiger partial charge in [0.15, 0.2) is 0 Å². The van der Waals surface area contributed by atoms with Crippen LogP contribution in [-0.4, -0.2) is 23.8 Å². The molecule has 1 heterocycles. The van der Waals surface area contributed by atoms with Crippen LogP contribution in [0.3, 0.4) is 0 Å². The number of carbonyl (C=O) groups is 1. The van der Waals surface area contributed by atoms with Gasteiger partial charge in [0.1, 0.15) is 0 Å². The van der Waals surface area contributed by atoms with Crippen molar-refractivity contribution >= 4 is 29.3 Å². The summed E-state index contributed by atoms with van der Waals surface area (Å²) in [5.41, 5.74) is 1.28. The lowest BCUT2D eigenvalue weighted by Gasteiger charge is -2.13. The number of ether oxygens (including phenoxy) is 1. The van der Waals surface area contributed by atoms with Crippen molar-refractivity contribution in [3.05, 3.63) is 29.0 Å². The Morgan fingerprint density at radius 3 is 3.00 bits per heavy atom. The summed E-state index contributed by atoms with van der Waals surface area (Å²) in [5, 5.41) is 0.711. The number of aromatic nitrogens is 1. The molecule has 0 saturated heterocycles. The molecule has 1 fully saturated rings. The minimum atomic E-state index is -0.102. The normalized spacial score (nSPS) is 16.3. The van der Waals surface area contributed by atoms with Crippen molar-refractivity contribution in [1.29, 1.82) is 0 Å². The third-order valence-corrected chi connectivity index (χ3v) is 4.90. The maximum absolute atomic E-state index is 11.3. The summed E-state index contributed by atoms with van der Waals surface area (Å²) in [7, 11) is 1.45. The molecule has 1 aromatic heterocycles. The summed E-state index contributed by atoms with van der Waals surface area (Å²) in [6.45, 7) is 0. The SMILES string of the molecule is COC(=O)CC1(CSCc2ccncc2Cl)CC1. The highest BCUT2D eigenvalue weighted by atomic mass is 35.5. The Balaban J connectivity index is 1.79. The monoisotopic (exact) mass is 285 g/mol. The van der Waals surface area contributed by atoms with Crippen LogP contribution in [0.1, 0.15) is 24.8 Å². The molecule has 5 heteroatoms. The molecule has 0 atom stereocenters. The van der Waals surface area contributed by atoms with E-state index < -0.39 is 0 Å². The van der Waals surface area contributed by atoms with E-state index in [1.165, 1.54) is 7.11 Å². The van der Waals surface area contributed by atoms with Crippen molar-refractivity contribution in [2.45, 2.75) is 25.0 Å². The van der Waals surface area contributed by atoms with Crippen molar-refractivity contribution in [2.24, 2.45) is 5.41 Å². The Morgan fingerprint density at radius 1 is 1.61 bits per heavy atom. The molecular formula is C13H16ClNO2S. The summed E-state index contributed by atoms with van der Waals surface area (Å²) in [6.07, 6.45) is 6.21. The molecule has 98 valence electrons. The van der Waals surface area contributed by atoms with Crippen LogP contribution in [0.15, 0.2) is 18.5 Å². The van der Waals surface area contributed by atoms with Crippen molar-refractivity contribution in [3.8, 4) is 0 Å². The molecule has 3 nitrogen and oxygen atoms in total. The topological polar surface area (TPSA) is 39.2 Å². The molecule has 18 heavy (non-hydrogen) atoms. The van der Waals surface area contributed by atoms with Crippen molar-refractivity contribution in [2.75, 3.05) is 12.9 Å². The number of pyridine rings is 1. The Kier molecular flexibility index (Phi) is 4.51. The van der Waals surface area contributed by atoms with Crippen LogP contribution in [0, 0.1) is 5.41 Å². The molecule has 0 radical (unpaired) electrons. The number of halogens is 1. The van der Waals surface area contributed by atoms with Gasteiger partial charge in [-0.2, -0.15) is 11.8 Å². The number of carbonyl (C=O) groups excluding carboxylic acids is 1. The van der Waals surface area contributed by atoms with Gasteiger partial charge in [-0.05, 0) is 35.6 Å². The fraction of sp³-hybridized carbons (Fsp3) is 0.538. The first-order chi connectivity index (χ1) is 8.65. The first kappa shape index (κ1) is 13.7. The van der Waals surface area contributed by atoms with Gasteiger partial charge in [-0.25, -0.2) is 0 Å². The van der Waals surface area contributed by atoms with Crippen LogP contribution in [0.25, 0.3) is 0 Å². The van der Waals surface area contributed by atoms with Gasteiger partial charge < -0.3 is 4.74 Å². The van der Waals surface area contributed by atoms with Gasteiger partial charge in [0.2, 0.25) is 0 Å². The molecule has 2 rings (SSSR count). The number of methoxy groups -OCH3 is 1. The number of nitrogens with zero attached hydrogens (tertiary/aromatic N) is 1. The first-order valence-corrected chi connectivity index (χ1v) is 7.41. The highest BCUT2D eigenvalue weighted by Gasteiger charge is 2.44. The highest BCUT2D eigenvalue weighted by Crippen LogP contribution is 2.51. The van der Waals surface area contributed by atoms with Crippen LogP contribution < -0.4 is 0 Å². The van der Waals surface area contributed by atoms with E-state index in [1.54, 1.807) is 12.4 Å². The lowest BCUT2D eigenvalue weighted by Crippen LogP contribution is -2.13. The predicted molar refractivity (Wildman–Crippen MR) is 73.7 cm³/mol. The summed E-state index contributed by atoms with van der Waals surface area (Å²) < 4.78 is 4.73. The van der Waals surface area contributed by atoms with Gasteiger partial charge in [0.05, 0.1) is 18.6 Å². The van der Waals surface area contributed by atoms with E-state index in [1.807, 2.05) is 17.8 Å². The third-order valence-electron chi connectivity index (χ3n) is 3.23. The molecule has 0 N–H and O–H groups in total. The van der Waals surface area contributed by atoms with Gasteiger partial charge in [0, 0.05) is 18.1 Å². The molecule has 0 unspecified atom stereocenters. The summed E-state index contributed by atoms with van der Waals surface area (Å²) in [5.74, 6) is 1.75. The van der Waals surface area contributed by atoms with E-state index >= 15 is 0 Å². The zero-order valence-electron chi connectivity index (χ0n) is 10.3. The van der Waals surface area contributed by atoms with Gasteiger partial charge in [-0.1, -0.05) is 11.6 Å². The highest BCUT2D eigenvalue weighted by molar-refractivity contribution is 7.98. The Hall–Kier alpha value is -0.740. The molecular weight excluding hydrogens is 270 g/mol. The average Bonchev–Trinajstić information content (AvgIpc) is 3.11. The van der Waals surface area contributed by atoms with Crippen LogP contribution in [-0.2, 0) is 15.3 Å². The number of hydrogen-bond acceptors (Lipinski definition) is 4. The second kappa shape index (κ2) is 5.93. The lowest BCUT2D eigenvalue weighted by atomic mass is 10.1. The second-order valence-corrected chi connectivity index (χ2v) is 6.11. The Labute approximate surface area is 116 Å². The fourth-order valence-corrected chi connectivity index (χ4v) is 3.49. The smallest absolute Gasteiger partial charge is 0.306 e. The zero-order chi connectivity index (χ0) is 13.0. The Bertz CT molecular complexity index is 435. The number of thioether (sulfide) groups is 1. The Morgan fingerprint density at radius 2 is 2.39 bits per heavy atom. The minimum absolute atomic E-state index is 0.102. The average molecular weight is 286 g/mol. The molecule has 1 aliphatic rings. The van der Waals surface area contributed by atoms with Gasteiger partial charge in [-0.15, -0.1) is 0 Å². The van der Waals surface area contributed by atoms with Crippen LogP contribution in [0.4, 0.5) is 0 Å². The molecule has 1 aliphatic carbocycles. The molecule has 0 aliphatic heterocycles. The van der Waals surface area contributed by atoms with E-state index in [4.69, 9.17) is 16.3 Å². The van der Waals surface area contributed by atoms with Crippen LogP contribution in [0.2, 0.25) is 5.02 Å². The molecule has 0 bridgehead atoms. The molecule has 0 spiro atoms. The molecule has 1 aromatic rings. The fourth-order valence-electron chi connectivity index (χ4n) is 1.83. The van der Waals surface area contributed by atoms with Crippen molar-refractivity contribution in [3.63, 3.8) is 0 Å². The largest absolute Gasteiger partial charge is 0.469 e. The minimum Gasteiger partial charge on any atom is -0.469 e. The van der Waals surface area contributed by atoms with Crippen LogP contribution in [0.5, 0.6) is 0 Å². The second-order valence-electron chi connectivity index (χ2n) is 4.71. The number of esters is 1. The van der Waals surface area contributed by atoms with E-state index in [-0.39, 0.29) is 11.4 Å². The maximum atomic E-state index is 11.3. The van der Waals surface area contributed by atoms with Crippen molar-refractivity contribution < 1.29 is 9.53 Å². The van der Waals surface area contributed by atoms with Crippen molar-refractivity contribution in [1.82, 2.24) is 4.98 Å². The van der Waals surface area contributed by atoms with E-state index in [0.717, 1.165) is 29.9 Å². The lowest BCUT2D eigenvalue weighted by molar-refractivity contribution is -0.141. The van der Waals surface area contributed by atoms with E-state index in [2.05, 4.69) is 4.98 Å². The zero-order valence-corrected chi connectivity index (χ0v) is 11.9. The summed E-state index contributed by atoms with van der Waals surface area (Å²) in [6, 6.07) is 1.94.